The summed E-state index contributed by atoms with van der Waals surface area (Å²) in [5.41, 5.74) is 6.21. The van der Waals surface area contributed by atoms with E-state index in [1.54, 1.807) is 12.1 Å². The van der Waals surface area contributed by atoms with Gasteiger partial charge in [-0.25, -0.2) is 4.39 Å². The van der Waals surface area contributed by atoms with Crippen LogP contribution in [0, 0.1) is 23.6 Å². The van der Waals surface area contributed by atoms with Gasteiger partial charge in [-0.2, -0.15) is 0 Å². The van der Waals surface area contributed by atoms with Crippen LogP contribution in [-0.2, 0) is 0 Å². The zero-order valence-electron chi connectivity index (χ0n) is 11.4. The first-order valence-electron chi connectivity index (χ1n) is 7.43. The minimum Gasteiger partial charge on any atom is -0.392 e. The first-order valence-corrected chi connectivity index (χ1v) is 7.81. The monoisotopic (exact) mass is 297 g/mol. The summed E-state index contributed by atoms with van der Waals surface area (Å²) < 4.78 is 14.1. The summed E-state index contributed by atoms with van der Waals surface area (Å²) in [6.07, 6.45) is 4.14. The molecule has 2 aliphatic carbocycles. The molecule has 2 aliphatic rings. The van der Waals surface area contributed by atoms with Gasteiger partial charge in [0.25, 0.3) is 0 Å². The lowest BCUT2D eigenvalue weighted by atomic mass is 9.77. The van der Waals surface area contributed by atoms with Crippen LogP contribution in [0.2, 0.25) is 5.02 Å². The summed E-state index contributed by atoms with van der Waals surface area (Å²) in [5.74, 6) is 0.796. The number of fused-ring (bicyclic) bond motifs is 2. The van der Waals surface area contributed by atoms with Crippen LogP contribution in [0.4, 0.5) is 4.39 Å². The molecule has 0 saturated heterocycles. The van der Waals surface area contributed by atoms with Crippen molar-refractivity contribution in [1.82, 2.24) is 0 Å². The van der Waals surface area contributed by atoms with Crippen molar-refractivity contribution in [2.75, 3.05) is 6.54 Å². The molecule has 0 radical (unpaired) electrons. The maximum absolute atomic E-state index is 14.1. The van der Waals surface area contributed by atoms with Gasteiger partial charge in [0.2, 0.25) is 0 Å². The Labute approximate surface area is 124 Å². The van der Waals surface area contributed by atoms with Gasteiger partial charge in [0.15, 0.2) is 0 Å². The highest BCUT2D eigenvalue weighted by molar-refractivity contribution is 6.31. The maximum atomic E-state index is 14.1. The normalized spacial score (nSPS) is 31.5. The Bertz CT molecular complexity index is 475. The van der Waals surface area contributed by atoms with Crippen molar-refractivity contribution in [1.29, 1.82) is 0 Å². The average molecular weight is 298 g/mol. The summed E-state index contributed by atoms with van der Waals surface area (Å²) in [7, 11) is 0. The molecule has 4 heteroatoms. The Hall–Kier alpha value is -0.640. The summed E-state index contributed by atoms with van der Waals surface area (Å²) >= 11 is 6.13. The molecule has 110 valence electrons. The van der Waals surface area contributed by atoms with E-state index in [4.69, 9.17) is 17.3 Å². The molecule has 2 saturated carbocycles. The standard InChI is InChI=1S/C16H21ClFNO/c17-13-2-1-3-14(18)15(13)12(8-19)16(20)11-7-9-4-5-10(11)6-9/h1-3,9-12,16,20H,4-8,19H2. The number of nitrogens with two attached hydrogens (primary N) is 1. The van der Waals surface area contributed by atoms with E-state index in [2.05, 4.69) is 0 Å². The van der Waals surface area contributed by atoms with Crippen LogP contribution >= 0.6 is 11.6 Å². The largest absolute Gasteiger partial charge is 0.392 e. The lowest BCUT2D eigenvalue weighted by Crippen LogP contribution is -2.35. The second kappa shape index (κ2) is 5.63. The fourth-order valence-corrected chi connectivity index (χ4v) is 4.61. The smallest absolute Gasteiger partial charge is 0.128 e. The predicted molar refractivity (Wildman–Crippen MR) is 78.2 cm³/mol. The molecule has 0 amide bonds. The summed E-state index contributed by atoms with van der Waals surface area (Å²) in [6.45, 7) is 0.218. The molecule has 0 heterocycles. The molecule has 5 unspecified atom stereocenters. The number of halogens is 2. The zero-order valence-corrected chi connectivity index (χ0v) is 12.2. The predicted octanol–water partition coefficient (Wildman–Crippen LogP) is 3.32. The van der Waals surface area contributed by atoms with Gasteiger partial charge in [0.1, 0.15) is 5.82 Å². The van der Waals surface area contributed by atoms with Gasteiger partial charge in [-0.15, -0.1) is 0 Å². The van der Waals surface area contributed by atoms with E-state index in [-0.39, 0.29) is 18.3 Å². The molecular weight excluding hydrogens is 277 g/mol. The number of aliphatic hydroxyl groups is 1. The average Bonchev–Trinajstić information content (AvgIpc) is 3.05. The van der Waals surface area contributed by atoms with Crippen LogP contribution in [0.1, 0.15) is 37.2 Å². The van der Waals surface area contributed by atoms with Gasteiger partial charge in [0.05, 0.1) is 6.10 Å². The highest BCUT2D eigenvalue weighted by Gasteiger charge is 2.45. The van der Waals surface area contributed by atoms with E-state index < -0.39 is 12.0 Å². The number of hydrogen-bond donors (Lipinski definition) is 2. The number of aliphatic hydroxyl groups excluding tert-OH is 1. The first-order chi connectivity index (χ1) is 9.61. The number of hydrogen-bond acceptors (Lipinski definition) is 2. The van der Waals surface area contributed by atoms with Crippen LogP contribution < -0.4 is 5.73 Å². The minimum atomic E-state index is -0.593. The second-order valence-electron chi connectivity index (χ2n) is 6.31. The molecule has 0 spiro atoms. The van der Waals surface area contributed by atoms with Crippen LogP contribution in [-0.4, -0.2) is 17.8 Å². The summed E-state index contributed by atoms with van der Waals surface area (Å²) in [4.78, 5) is 0. The van der Waals surface area contributed by atoms with Gasteiger partial charge in [-0.1, -0.05) is 24.1 Å². The molecule has 2 fully saturated rings. The zero-order chi connectivity index (χ0) is 14.3. The van der Waals surface area contributed by atoms with Crippen LogP contribution in [0.25, 0.3) is 0 Å². The molecule has 5 atom stereocenters. The molecule has 3 N–H and O–H groups in total. The van der Waals surface area contributed by atoms with Crippen molar-refractivity contribution < 1.29 is 9.50 Å². The van der Waals surface area contributed by atoms with Crippen LogP contribution in [0.3, 0.4) is 0 Å². The fourth-order valence-electron chi connectivity index (χ4n) is 4.30. The molecule has 0 aromatic heterocycles. The Morgan fingerprint density at radius 1 is 1.35 bits per heavy atom. The third-order valence-electron chi connectivity index (χ3n) is 5.27. The molecule has 1 aromatic carbocycles. The third-order valence-corrected chi connectivity index (χ3v) is 5.60. The molecule has 20 heavy (non-hydrogen) atoms. The fraction of sp³-hybridized carbons (Fsp3) is 0.625. The quantitative estimate of drug-likeness (QED) is 0.895. The van der Waals surface area contributed by atoms with Crippen molar-refractivity contribution in [2.45, 2.75) is 37.7 Å². The van der Waals surface area contributed by atoms with E-state index in [1.807, 2.05) is 0 Å². The number of rotatable bonds is 4. The summed E-state index contributed by atoms with van der Waals surface area (Å²) in [6, 6.07) is 4.63. The SMILES string of the molecule is NCC(c1c(F)cccc1Cl)C(O)C1CC2CCC1C2. The van der Waals surface area contributed by atoms with Crippen molar-refractivity contribution in [3.8, 4) is 0 Å². The topological polar surface area (TPSA) is 46.2 Å². The van der Waals surface area contributed by atoms with Gasteiger partial charge in [-0.3, -0.25) is 0 Å². The van der Waals surface area contributed by atoms with E-state index in [1.165, 1.54) is 25.3 Å². The molecular formula is C16H21ClFNO. The van der Waals surface area contributed by atoms with Gasteiger partial charge >= 0.3 is 0 Å². The van der Waals surface area contributed by atoms with Gasteiger partial charge in [0, 0.05) is 23.0 Å². The van der Waals surface area contributed by atoms with Crippen LogP contribution in [0.5, 0.6) is 0 Å². The molecule has 2 nitrogen and oxygen atoms in total. The Kier molecular flexibility index (Phi) is 4.02. The lowest BCUT2D eigenvalue weighted by Gasteiger charge is -2.32. The number of benzene rings is 1. The van der Waals surface area contributed by atoms with Crippen molar-refractivity contribution >= 4 is 11.6 Å². The Morgan fingerprint density at radius 2 is 2.15 bits per heavy atom. The van der Waals surface area contributed by atoms with Gasteiger partial charge in [-0.05, 0) is 49.1 Å². The Balaban J connectivity index is 1.86. The van der Waals surface area contributed by atoms with Crippen LogP contribution in [0.15, 0.2) is 18.2 Å². The third kappa shape index (κ3) is 2.36. The lowest BCUT2D eigenvalue weighted by molar-refractivity contribution is 0.0523. The highest BCUT2D eigenvalue weighted by atomic mass is 35.5. The highest BCUT2D eigenvalue weighted by Crippen LogP contribution is 2.51. The van der Waals surface area contributed by atoms with Crippen molar-refractivity contribution in [3.63, 3.8) is 0 Å². The second-order valence-corrected chi connectivity index (χ2v) is 6.71. The molecule has 1 aromatic rings. The summed E-state index contributed by atoms with van der Waals surface area (Å²) in [5, 5.41) is 11.1. The van der Waals surface area contributed by atoms with Crippen molar-refractivity contribution in [3.05, 3.63) is 34.6 Å². The Morgan fingerprint density at radius 3 is 2.70 bits per heavy atom. The van der Waals surface area contributed by atoms with Crippen molar-refractivity contribution in [2.24, 2.45) is 23.5 Å². The van der Waals surface area contributed by atoms with E-state index >= 15 is 0 Å². The molecule has 0 aliphatic heterocycles. The van der Waals surface area contributed by atoms with E-state index in [0.717, 1.165) is 12.3 Å². The van der Waals surface area contributed by atoms with E-state index in [0.29, 0.717) is 16.5 Å². The first kappa shape index (κ1) is 14.3. The van der Waals surface area contributed by atoms with Gasteiger partial charge < -0.3 is 10.8 Å². The molecule has 3 rings (SSSR count). The molecule has 2 bridgehead atoms. The van der Waals surface area contributed by atoms with E-state index in [9.17, 15) is 9.50 Å². The maximum Gasteiger partial charge on any atom is 0.128 e. The minimum absolute atomic E-state index is 0.218.